The molecule has 0 aliphatic heterocycles. The second-order valence-electron chi connectivity index (χ2n) is 10.3. The third kappa shape index (κ3) is 2.77. The van der Waals surface area contributed by atoms with Crippen LogP contribution < -0.4 is 0 Å². The summed E-state index contributed by atoms with van der Waals surface area (Å²) in [6, 6.07) is 0. The Morgan fingerprint density at radius 2 is 2.10 bits per heavy atom. The first-order valence-electron chi connectivity index (χ1n) is 11.2. The molecule has 172 valence electrons. The molecule has 0 heterocycles. The Hall–Kier alpha value is -1.08. The summed E-state index contributed by atoms with van der Waals surface area (Å²) in [4.78, 5) is 24.9. The number of Topliss-reactive ketones (excluding diaryl/α,β-unsaturated/α-hetero) is 1. The van der Waals surface area contributed by atoms with Crippen LogP contribution in [-0.2, 0) is 14.3 Å². The van der Waals surface area contributed by atoms with Crippen molar-refractivity contribution in [3.63, 3.8) is 0 Å². The van der Waals surface area contributed by atoms with Gasteiger partial charge >= 0.3 is 0 Å². The maximum Gasteiger partial charge on any atom is 0.182 e. The van der Waals surface area contributed by atoms with E-state index in [0.29, 0.717) is 25.7 Å². The highest BCUT2D eigenvalue weighted by Crippen LogP contribution is 2.70. The number of aliphatic hydroxyl groups excluding tert-OH is 1. The fourth-order valence-corrected chi connectivity index (χ4v) is 7.74. The quantitative estimate of drug-likeness (QED) is 0.492. The van der Waals surface area contributed by atoms with Gasteiger partial charge in [-0.05, 0) is 44.1 Å². The molecule has 4 aliphatic rings. The van der Waals surface area contributed by atoms with Crippen LogP contribution in [0.4, 0.5) is 4.39 Å². The van der Waals surface area contributed by atoms with Crippen molar-refractivity contribution in [2.75, 3.05) is 12.5 Å². The van der Waals surface area contributed by atoms with Gasteiger partial charge in [-0.2, -0.15) is 0 Å². The maximum atomic E-state index is 17.1. The van der Waals surface area contributed by atoms with Gasteiger partial charge in [0.05, 0.1) is 24.7 Å². The first-order chi connectivity index (χ1) is 14.5. The van der Waals surface area contributed by atoms with E-state index in [2.05, 4.69) is 6.58 Å². The van der Waals surface area contributed by atoms with Crippen LogP contribution in [0, 0.1) is 22.7 Å². The van der Waals surface area contributed by atoms with E-state index in [9.17, 15) is 19.8 Å². The Kier molecular flexibility index (Phi) is 5.57. The molecule has 3 saturated carbocycles. The fourth-order valence-electron chi connectivity index (χ4n) is 7.53. The second kappa shape index (κ2) is 7.47. The zero-order valence-electron chi connectivity index (χ0n) is 18.2. The van der Waals surface area contributed by atoms with Crippen molar-refractivity contribution in [3.05, 3.63) is 24.3 Å². The average molecular weight is 455 g/mol. The summed E-state index contributed by atoms with van der Waals surface area (Å²) in [5, 5.41) is 23.0. The molecule has 3 fully saturated rings. The minimum absolute atomic E-state index is 0.00509. The zero-order chi connectivity index (χ0) is 22.8. The first-order valence-corrected chi connectivity index (χ1v) is 11.7. The molecule has 0 aromatic heterocycles. The van der Waals surface area contributed by atoms with E-state index in [1.54, 1.807) is 19.1 Å². The molecule has 0 saturated heterocycles. The summed E-state index contributed by atoms with van der Waals surface area (Å²) in [7, 11) is 0. The van der Waals surface area contributed by atoms with E-state index < -0.39 is 46.0 Å². The van der Waals surface area contributed by atoms with Crippen LogP contribution in [-0.4, -0.2) is 57.7 Å². The molecular weight excluding hydrogens is 423 g/mol. The highest BCUT2D eigenvalue weighted by Gasteiger charge is 2.76. The molecule has 2 N–H and O–H groups in total. The number of allylic oxidation sites excluding steroid dienone is 1. The Labute approximate surface area is 187 Å². The minimum atomic E-state index is -1.94. The van der Waals surface area contributed by atoms with E-state index in [1.165, 1.54) is 0 Å². The highest BCUT2D eigenvalue weighted by atomic mass is 35.5. The van der Waals surface area contributed by atoms with Gasteiger partial charge in [0.1, 0.15) is 5.67 Å². The van der Waals surface area contributed by atoms with Gasteiger partial charge in [-0.15, -0.1) is 18.2 Å². The summed E-state index contributed by atoms with van der Waals surface area (Å²) >= 11 is 5.88. The molecule has 4 aliphatic carbocycles. The van der Waals surface area contributed by atoms with Gasteiger partial charge in [-0.1, -0.05) is 25.5 Å². The third-order valence-electron chi connectivity index (χ3n) is 9.20. The standard InChI is InChI=1S/C24H32ClFO5/c1-4-9-31-20-11-17-16-6-5-14-10-15(27)7-8-21(14,2)23(16,26)18(28)12-22(17,3)24(20,30)19(29)13-25/h4,10,16-18,20,28,30H,1,5-9,11-13H2,2-3H3/t16-,17-,18-,20+,21-,22-,23-,24+/m0/s1. The zero-order valence-corrected chi connectivity index (χ0v) is 19.0. The predicted octanol–water partition coefficient (Wildman–Crippen LogP) is 3.30. The number of aliphatic hydroxyl groups is 2. The van der Waals surface area contributed by atoms with Crippen LogP contribution in [0.3, 0.4) is 0 Å². The number of halogens is 2. The van der Waals surface area contributed by atoms with E-state index >= 15 is 4.39 Å². The molecule has 0 radical (unpaired) electrons. The second-order valence-corrected chi connectivity index (χ2v) is 10.6. The van der Waals surface area contributed by atoms with Crippen molar-refractivity contribution >= 4 is 23.2 Å². The molecular formula is C24H32ClFO5. The molecule has 4 rings (SSSR count). The average Bonchev–Trinajstić information content (AvgIpc) is 2.95. The minimum Gasteiger partial charge on any atom is -0.390 e. The van der Waals surface area contributed by atoms with Crippen LogP contribution in [0.2, 0.25) is 0 Å². The molecule has 0 amide bonds. The molecule has 8 atom stereocenters. The summed E-state index contributed by atoms with van der Waals surface area (Å²) in [6.45, 7) is 7.37. The van der Waals surface area contributed by atoms with Crippen molar-refractivity contribution < 1.29 is 28.9 Å². The molecule has 7 heteroatoms. The molecule has 0 aromatic rings. The van der Waals surface area contributed by atoms with Crippen molar-refractivity contribution in [3.8, 4) is 0 Å². The largest absolute Gasteiger partial charge is 0.390 e. The number of rotatable bonds is 5. The van der Waals surface area contributed by atoms with Crippen molar-refractivity contribution in [2.24, 2.45) is 22.7 Å². The number of fused-ring (bicyclic) bond motifs is 5. The Bertz CT molecular complexity index is 844. The SMILES string of the molecule is C=CCO[C@@H]1C[C@H]2[C@@H]3CCC4=CC(=O)CC[C@]4(C)[C@@]3(F)[C@@H](O)C[C@]2(C)[C@@]1(O)C(=O)CCl. The number of alkyl halides is 2. The Balaban J connectivity index is 1.81. The van der Waals surface area contributed by atoms with E-state index in [-0.39, 0.29) is 37.0 Å². The van der Waals surface area contributed by atoms with Gasteiger partial charge in [0, 0.05) is 23.2 Å². The highest BCUT2D eigenvalue weighted by molar-refractivity contribution is 6.29. The fraction of sp³-hybridized carbons (Fsp3) is 0.750. The number of hydrogen-bond acceptors (Lipinski definition) is 5. The van der Waals surface area contributed by atoms with E-state index in [0.717, 1.165) is 5.57 Å². The number of ether oxygens (including phenoxy) is 1. The molecule has 5 nitrogen and oxygen atoms in total. The van der Waals surface area contributed by atoms with Crippen LogP contribution in [0.15, 0.2) is 24.3 Å². The van der Waals surface area contributed by atoms with Gasteiger partial charge in [-0.25, -0.2) is 4.39 Å². The predicted molar refractivity (Wildman–Crippen MR) is 114 cm³/mol. The van der Waals surface area contributed by atoms with Crippen LogP contribution in [0.1, 0.15) is 52.4 Å². The van der Waals surface area contributed by atoms with Crippen LogP contribution >= 0.6 is 11.6 Å². The first kappa shape index (κ1) is 23.1. The third-order valence-corrected chi connectivity index (χ3v) is 9.44. The van der Waals surface area contributed by atoms with Gasteiger partial charge in [0.15, 0.2) is 17.2 Å². The van der Waals surface area contributed by atoms with E-state index in [1.807, 2.05) is 6.92 Å². The number of hydrogen-bond donors (Lipinski definition) is 2. The van der Waals surface area contributed by atoms with Crippen molar-refractivity contribution in [1.82, 2.24) is 0 Å². The van der Waals surface area contributed by atoms with Gasteiger partial charge in [0.25, 0.3) is 0 Å². The van der Waals surface area contributed by atoms with Gasteiger partial charge in [0.2, 0.25) is 0 Å². The van der Waals surface area contributed by atoms with E-state index in [4.69, 9.17) is 16.3 Å². The summed E-state index contributed by atoms with van der Waals surface area (Å²) in [6.07, 6.45) is 2.74. The lowest BCUT2D eigenvalue weighted by Gasteiger charge is -2.63. The van der Waals surface area contributed by atoms with Crippen molar-refractivity contribution in [1.29, 1.82) is 0 Å². The van der Waals surface area contributed by atoms with Crippen molar-refractivity contribution in [2.45, 2.75) is 75.9 Å². The van der Waals surface area contributed by atoms with Crippen LogP contribution in [0.25, 0.3) is 0 Å². The summed E-state index contributed by atoms with van der Waals surface area (Å²) in [5.74, 6) is -1.88. The maximum absolute atomic E-state index is 17.1. The normalized spacial score (nSPS) is 49.0. The molecule has 0 unspecified atom stereocenters. The van der Waals surface area contributed by atoms with Gasteiger partial charge in [-0.3, -0.25) is 9.59 Å². The number of carbonyl (C=O) groups is 2. The van der Waals surface area contributed by atoms with Crippen LogP contribution in [0.5, 0.6) is 0 Å². The van der Waals surface area contributed by atoms with Gasteiger partial charge < -0.3 is 14.9 Å². The number of carbonyl (C=O) groups excluding carboxylic acids is 2. The molecule has 0 bridgehead atoms. The molecule has 31 heavy (non-hydrogen) atoms. The lowest BCUT2D eigenvalue weighted by molar-refractivity contribution is -0.230. The summed E-state index contributed by atoms with van der Waals surface area (Å²) < 4.78 is 23.0. The lowest BCUT2D eigenvalue weighted by atomic mass is 9.44. The summed E-state index contributed by atoms with van der Waals surface area (Å²) in [5.41, 5.74) is -5.11. The number of ketones is 2. The molecule has 0 aromatic carbocycles. The Morgan fingerprint density at radius 1 is 1.39 bits per heavy atom. The monoisotopic (exact) mass is 454 g/mol. The smallest absolute Gasteiger partial charge is 0.182 e. The molecule has 0 spiro atoms. The lowest BCUT2D eigenvalue weighted by Crippen LogP contribution is -2.70. The topological polar surface area (TPSA) is 83.8 Å². The Morgan fingerprint density at radius 3 is 2.74 bits per heavy atom.